The quantitative estimate of drug-likeness (QED) is 0.411. The number of hydrogen-bond acceptors (Lipinski definition) is 6. The normalized spacial score (nSPS) is 11.6. The first kappa shape index (κ1) is 25.0. The fourth-order valence-corrected chi connectivity index (χ4v) is 3.76. The number of halogens is 3. The molecule has 0 unspecified atom stereocenters. The SMILES string of the molecule is [B]c1c(CC)n(CC(=O)Nc2ccc(C(F)(F)F)cc2C)c2nc(-c3ccnc(OC)c3)nn2c1=O. The van der Waals surface area contributed by atoms with Crippen LogP contribution in [-0.2, 0) is 23.9 Å². The van der Waals surface area contributed by atoms with Crippen molar-refractivity contribution in [2.24, 2.45) is 0 Å². The van der Waals surface area contributed by atoms with Gasteiger partial charge in [0.25, 0.3) is 5.56 Å². The number of methoxy groups -OCH3 is 1. The number of benzene rings is 1. The highest BCUT2D eigenvalue weighted by Gasteiger charge is 2.30. The first-order valence-electron chi connectivity index (χ1n) is 10.8. The third-order valence-corrected chi connectivity index (χ3v) is 5.56. The highest BCUT2D eigenvalue weighted by atomic mass is 19.4. The summed E-state index contributed by atoms with van der Waals surface area (Å²) in [6, 6.07) is 6.27. The van der Waals surface area contributed by atoms with E-state index >= 15 is 0 Å². The van der Waals surface area contributed by atoms with E-state index in [1.165, 1.54) is 30.9 Å². The van der Waals surface area contributed by atoms with Crippen LogP contribution in [-0.4, -0.2) is 45.0 Å². The van der Waals surface area contributed by atoms with Crippen LogP contribution in [0.2, 0.25) is 0 Å². The van der Waals surface area contributed by atoms with Gasteiger partial charge in [-0.05, 0) is 48.6 Å². The van der Waals surface area contributed by atoms with Gasteiger partial charge in [0.1, 0.15) is 14.4 Å². The zero-order valence-electron chi connectivity index (χ0n) is 19.6. The third-order valence-electron chi connectivity index (χ3n) is 5.56. The van der Waals surface area contributed by atoms with Crippen LogP contribution >= 0.6 is 0 Å². The van der Waals surface area contributed by atoms with Gasteiger partial charge in [-0.1, -0.05) is 6.92 Å². The number of nitrogens with one attached hydrogen (secondary N) is 1. The summed E-state index contributed by atoms with van der Waals surface area (Å²) in [5, 5.41) is 6.88. The van der Waals surface area contributed by atoms with Crippen molar-refractivity contribution in [1.82, 2.24) is 24.1 Å². The molecule has 4 rings (SSSR count). The number of nitrogens with zero attached hydrogens (tertiary/aromatic N) is 5. The van der Waals surface area contributed by atoms with Crippen LogP contribution in [0, 0.1) is 6.92 Å². The summed E-state index contributed by atoms with van der Waals surface area (Å²) < 4.78 is 46.5. The van der Waals surface area contributed by atoms with Gasteiger partial charge in [-0.15, -0.1) is 5.10 Å². The molecule has 3 heterocycles. The second-order valence-corrected chi connectivity index (χ2v) is 7.91. The highest BCUT2D eigenvalue weighted by Crippen LogP contribution is 2.31. The van der Waals surface area contributed by atoms with Gasteiger partial charge in [-0.2, -0.15) is 22.7 Å². The Morgan fingerprint density at radius 3 is 2.61 bits per heavy atom. The molecule has 1 amide bonds. The number of ether oxygens (including phenoxy) is 1. The maximum atomic E-state index is 13.0. The van der Waals surface area contributed by atoms with Gasteiger partial charge in [0.05, 0.1) is 12.7 Å². The molecule has 0 atom stereocenters. The van der Waals surface area contributed by atoms with Crippen LogP contribution in [0.15, 0.2) is 41.3 Å². The lowest BCUT2D eigenvalue weighted by molar-refractivity contribution is -0.137. The van der Waals surface area contributed by atoms with Crippen molar-refractivity contribution >= 4 is 30.7 Å². The van der Waals surface area contributed by atoms with E-state index in [2.05, 4.69) is 20.4 Å². The van der Waals surface area contributed by atoms with E-state index in [0.717, 1.165) is 16.6 Å². The van der Waals surface area contributed by atoms with Crippen LogP contribution in [0.3, 0.4) is 0 Å². The minimum absolute atomic E-state index is 0.0797. The van der Waals surface area contributed by atoms with E-state index in [9.17, 15) is 22.8 Å². The number of pyridine rings is 1. The summed E-state index contributed by atoms with van der Waals surface area (Å²) in [4.78, 5) is 34.3. The lowest BCUT2D eigenvalue weighted by Crippen LogP contribution is -2.39. The van der Waals surface area contributed by atoms with Gasteiger partial charge in [-0.25, -0.2) is 4.98 Å². The van der Waals surface area contributed by atoms with Gasteiger partial charge >= 0.3 is 6.18 Å². The second kappa shape index (κ2) is 9.48. The van der Waals surface area contributed by atoms with Crippen molar-refractivity contribution in [3.8, 4) is 17.3 Å². The van der Waals surface area contributed by atoms with Gasteiger partial charge in [0.2, 0.25) is 17.6 Å². The van der Waals surface area contributed by atoms with Crippen LogP contribution in [0.1, 0.15) is 23.7 Å². The lowest BCUT2D eigenvalue weighted by Gasteiger charge is -2.17. The molecule has 0 aliphatic rings. The van der Waals surface area contributed by atoms with Gasteiger partial charge in [0.15, 0.2) is 5.82 Å². The average Bonchev–Trinajstić information content (AvgIpc) is 3.29. The van der Waals surface area contributed by atoms with Gasteiger partial charge in [0, 0.05) is 29.2 Å². The molecule has 13 heteroatoms. The summed E-state index contributed by atoms with van der Waals surface area (Å²) in [6.45, 7) is 2.92. The molecule has 0 aliphatic carbocycles. The first-order valence-corrected chi connectivity index (χ1v) is 10.8. The Hall–Kier alpha value is -4.16. The molecule has 0 aliphatic heterocycles. The summed E-state index contributed by atoms with van der Waals surface area (Å²) in [6.07, 6.45) is -2.68. The monoisotopic (exact) mass is 496 g/mol. The van der Waals surface area contributed by atoms with Crippen molar-refractivity contribution in [1.29, 1.82) is 0 Å². The standard InChI is InChI=1S/C23H20BF3N6O3/c1-4-16-19(24)21(35)33-22(30-20(31-33)13-7-8-28-18(10-13)36-3)32(16)11-17(34)29-15-6-5-14(9-12(15)2)23(25,26)27/h5-10H,4,11H2,1-3H3,(H,29,34). The molecule has 9 nitrogen and oxygen atoms in total. The molecule has 0 spiro atoms. The molecule has 36 heavy (non-hydrogen) atoms. The number of rotatable bonds is 6. The number of amides is 1. The Balaban J connectivity index is 1.73. The van der Waals surface area contributed by atoms with Crippen molar-refractivity contribution < 1.29 is 22.7 Å². The zero-order valence-corrected chi connectivity index (χ0v) is 19.6. The largest absolute Gasteiger partial charge is 0.481 e. The number of anilines is 1. The number of carbonyl (C=O) groups excluding carboxylic acids is 1. The highest BCUT2D eigenvalue weighted by molar-refractivity contribution is 6.32. The molecule has 4 aromatic rings. The summed E-state index contributed by atoms with van der Waals surface area (Å²) >= 11 is 0. The van der Waals surface area contributed by atoms with Crippen LogP contribution in [0.5, 0.6) is 5.88 Å². The van der Waals surface area contributed by atoms with Crippen LogP contribution in [0.25, 0.3) is 17.2 Å². The molecule has 1 aromatic carbocycles. The molecule has 0 fully saturated rings. The smallest absolute Gasteiger partial charge is 0.416 e. The van der Waals surface area contributed by atoms with Crippen LogP contribution in [0.4, 0.5) is 18.9 Å². The number of hydrogen-bond donors (Lipinski definition) is 1. The van der Waals surface area contributed by atoms with Crippen molar-refractivity contribution in [2.75, 3.05) is 12.4 Å². The molecule has 0 bridgehead atoms. The van der Waals surface area contributed by atoms with E-state index < -0.39 is 23.2 Å². The van der Waals surface area contributed by atoms with Gasteiger partial charge < -0.3 is 14.6 Å². The number of carbonyl (C=O) groups is 1. The van der Waals surface area contributed by atoms with Crippen molar-refractivity contribution in [2.45, 2.75) is 33.0 Å². The maximum Gasteiger partial charge on any atom is 0.416 e. The fraction of sp³-hybridized carbons (Fsp3) is 0.261. The number of aromatic nitrogens is 5. The molecule has 3 aromatic heterocycles. The van der Waals surface area contributed by atoms with E-state index in [0.29, 0.717) is 23.6 Å². The Bertz CT molecular complexity index is 1530. The van der Waals surface area contributed by atoms with E-state index in [1.807, 2.05) is 0 Å². The topological polar surface area (TPSA) is 103 Å². The average molecular weight is 496 g/mol. The number of aryl methyl sites for hydroxylation is 1. The zero-order chi connectivity index (χ0) is 26.2. The van der Waals surface area contributed by atoms with Crippen molar-refractivity contribution in [3.63, 3.8) is 0 Å². The molecule has 0 saturated carbocycles. The Labute approximate surface area is 204 Å². The minimum Gasteiger partial charge on any atom is -0.481 e. The van der Waals surface area contributed by atoms with Crippen molar-refractivity contribution in [3.05, 3.63) is 63.7 Å². The van der Waals surface area contributed by atoms with Crippen LogP contribution < -0.4 is 21.1 Å². The van der Waals surface area contributed by atoms with E-state index in [4.69, 9.17) is 12.6 Å². The molecular formula is C23H20BF3N6O3. The second-order valence-electron chi connectivity index (χ2n) is 7.91. The predicted octanol–water partition coefficient (Wildman–Crippen LogP) is 2.28. The summed E-state index contributed by atoms with van der Waals surface area (Å²) in [5.74, 6) is 0.0404. The van der Waals surface area contributed by atoms with Gasteiger partial charge in [-0.3, -0.25) is 9.59 Å². The number of alkyl halides is 3. The fourth-order valence-electron chi connectivity index (χ4n) is 3.76. The Morgan fingerprint density at radius 1 is 1.22 bits per heavy atom. The maximum absolute atomic E-state index is 13.0. The minimum atomic E-state index is -4.49. The molecular weight excluding hydrogens is 476 g/mol. The Morgan fingerprint density at radius 2 is 1.97 bits per heavy atom. The molecule has 0 saturated heterocycles. The first-order chi connectivity index (χ1) is 17.0. The molecule has 2 radical (unpaired) electrons. The lowest BCUT2D eigenvalue weighted by atomic mass is 9.94. The van der Waals surface area contributed by atoms with E-state index in [-0.39, 0.29) is 34.9 Å². The molecule has 184 valence electrons. The predicted molar refractivity (Wildman–Crippen MR) is 127 cm³/mol. The van der Waals surface area contributed by atoms with E-state index in [1.54, 1.807) is 19.1 Å². The Kier molecular flexibility index (Phi) is 6.57. The summed E-state index contributed by atoms with van der Waals surface area (Å²) in [7, 11) is 7.53. The molecule has 1 N–H and O–H groups in total. The third kappa shape index (κ3) is 4.68. The summed E-state index contributed by atoms with van der Waals surface area (Å²) in [5.41, 5.74) is -0.123. The number of fused-ring (bicyclic) bond motifs is 1.